The third-order valence-electron chi connectivity index (χ3n) is 1.13. The molecule has 0 N–H and O–H groups in total. The fourth-order valence-electron chi connectivity index (χ4n) is 0.495. The molecule has 4 nitrogen and oxygen atoms in total. The smallest absolute Gasteiger partial charge is 0.346 e. The zero-order valence-corrected chi connectivity index (χ0v) is 6.92. The SMILES string of the molecule is CCC(=O)OC(C)C(=O)OC. The number of rotatable bonds is 3. The molecule has 0 aliphatic carbocycles. The maximum Gasteiger partial charge on any atom is 0.346 e. The maximum atomic E-state index is 10.7. The van der Waals surface area contributed by atoms with Crippen LogP contribution in [0.5, 0.6) is 0 Å². The van der Waals surface area contributed by atoms with Crippen molar-refractivity contribution in [3.8, 4) is 0 Å². The van der Waals surface area contributed by atoms with Crippen molar-refractivity contribution in [1.29, 1.82) is 0 Å². The summed E-state index contributed by atoms with van der Waals surface area (Å²) in [4.78, 5) is 21.3. The Kier molecular flexibility index (Phi) is 4.26. The van der Waals surface area contributed by atoms with Crippen molar-refractivity contribution in [2.45, 2.75) is 26.4 Å². The monoisotopic (exact) mass is 160 g/mol. The third-order valence-corrected chi connectivity index (χ3v) is 1.13. The summed E-state index contributed by atoms with van der Waals surface area (Å²) in [5, 5.41) is 0. The standard InChI is InChI=1S/C7H12O4/c1-4-6(8)11-5(2)7(9)10-3/h5H,4H2,1-3H3. The van der Waals surface area contributed by atoms with Crippen molar-refractivity contribution in [2.75, 3.05) is 7.11 Å². The van der Waals surface area contributed by atoms with Crippen LogP contribution in [0.3, 0.4) is 0 Å². The van der Waals surface area contributed by atoms with E-state index in [0.29, 0.717) is 0 Å². The van der Waals surface area contributed by atoms with E-state index in [1.807, 2.05) is 0 Å². The summed E-state index contributed by atoms with van der Waals surface area (Å²) in [6, 6.07) is 0. The molecule has 4 heteroatoms. The van der Waals surface area contributed by atoms with E-state index in [-0.39, 0.29) is 6.42 Å². The van der Waals surface area contributed by atoms with Crippen LogP contribution in [0.15, 0.2) is 0 Å². The number of carbonyl (C=O) groups excluding carboxylic acids is 2. The van der Waals surface area contributed by atoms with E-state index >= 15 is 0 Å². The molecule has 0 amide bonds. The number of esters is 2. The summed E-state index contributed by atoms with van der Waals surface area (Å²) in [6.45, 7) is 3.13. The normalized spacial score (nSPS) is 11.9. The fraction of sp³-hybridized carbons (Fsp3) is 0.714. The molecule has 0 saturated heterocycles. The number of methoxy groups -OCH3 is 1. The molecule has 0 aromatic carbocycles. The van der Waals surface area contributed by atoms with E-state index in [0.717, 1.165) is 0 Å². The zero-order chi connectivity index (χ0) is 8.85. The largest absolute Gasteiger partial charge is 0.466 e. The van der Waals surface area contributed by atoms with Crippen LogP contribution in [0.2, 0.25) is 0 Å². The van der Waals surface area contributed by atoms with Gasteiger partial charge in [0.1, 0.15) is 0 Å². The lowest BCUT2D eigenvalue weighted by atomic mass is 10.4. The minimum Gasteiger partial charge on any atom is -0.466 e. The van der Waals surface area contributed by atoms with E-state index in [4.69, 9.17) is 0 Å². The zero-order valence-electron chi connectivity index (χ0n) is 6.92. The molecule has 1 atom stereocenters. The van der Waals surface area contributed by atoms with Crippen LogP contribution in [0.4, 0.5) is 0 Å². The predicted molar refractivity (Wildman–Crippen MR) is 37.9 cm³/mol. The Morgan fingerprint density at radius 1 is 1.45 bits per heavy atom. The highest BCUT2D eigenvalue weighted by Crippen LogP contribution is 1.95. The van der Waals surface area contributed by atoms with Crippen molar-refractivity contribution in [2.24, 2.45) is 0 Å². The molecule has 0 aromatic rings. The Morgan fingerprint density at radius 3 is 2.36 bits per heavy atom. The molecular formula is C7H12O4. The molecule has 0 rings (SSSR count). The Hall–Kier alpha value is -1.06. The molecule has 0 aliphatic heterocycles. The first-order valence-corrected chi connectivity index (χ1v) is 3.39. The van der Waals surface area contributed by atoms with Gasteiger partial charge in [-0.1, -0.05) is 6.92 Å². The summed E-state index contributed by atoms with van der Waals surface area (Å²) < 4.78 is 8.98. The Balaban J connectivity index is 3.77. The molecule has 0 aliphatic rings. The molecule has 0 radical (unpaired) electrons. The van der Waals surface area contributed by atoms with Gasteiger partial charge in [-0.3, -0.25) is 4.79 Å². The minimum atomic E-state index is -0.799. The van der Waals surface area contributed by atoms with Gasteiger partial charge in [0.2, 0.25) is 0 Å². The van der Waals surface area contributed by atoms with Gasteiger partial charge in [-0.2, -0.15) is 0 Å². The van der Waals surface area contributed by atoms with Gasteiger partial charge in [0.25, 0.3) is 0 Å². The Bertz CT molecular complexity index is 153. The second kappa shape index (κ2) is 4.71. The molecule has 0 fully saturated rings. The molecule has 0 bridgehead atoms. The lowest BCUT2D eigenvalue weighted by Gasteiger charge is -2.09. The van der Waals surface area contributed by atoms with E-state index in [2.05, 4.69) is 9.47 Å². The Morgan fingerprint density at radius 2 is 2.00 bits per heavy atom. The second-order valence-electron chi connectivity index (χ2n) is 2.01. The lowest BCUT2D eigenvalue weighted by Crippen LogP contribution is -2.24. The number of ether oxygens (including phenoxy) is 2. The molecular weight excluding hydrogens is 148 g/mol. The summed E-state index contributed by atoms with van der Waals surface area (Å²) in [7, 11) is 1.25. The average molecular weight is 160 g/mol. The van der Waals surface area contributed by atoms with E-state index < -0.39 is 18.0 Å². The number of carbonyl (C=O) groups is 2. The summed E-state index contributed by atoms with van der Waals surface area (Å²) in [5.74, 6) is -0.935. The van der Waals surface area contributed by atoms with Crippen molar-refractivity contribution >= 4 is 11.9 Å². The molecule has 1 unspecified atom stereocenters. The highest BCUT2D eigenvalue weighted by atomic mass is 16.6. The van der Waals surface area contributed by atoms with Crippen molar-refractivity contribution < 1.29 is 19.1 Å². The summed E-state index contributed by atoms with van der Waals surface area (Å²) >= 11 is 0. The van der Waals surface area contributed by atoms with Crippen molar-refractivity contribution in [3.63, 3.8) is 0 Å². The molecule has 0 aromatic heterocycles. The van der Waals surface area contributed by atoms with Crippen LogP contribution in [0.1, 0.15) is 20.3 Å². The molecule has 11 heavy (non-hydrogen) atoms. The van der Waals surface area contributed by atoms with Crippen LogP contribution in [-0.4, -0.2) is 25.2 Å². The fourth-order valence-corrected chi connectivity index (χ4v) is 0.495. The van der Waals surface area contributed by atoms with Crippen molar-refractivity contribution in [3.05, 3.63) is 0 Å². The topological polar surface area (TPSA) is 52.6 Å². The van der Waals surface area contributed by atoms with Gasteiger partial charge in [-0.15, -0.1) is 0 Å². The third kappa shape index (κ3) is 3.60. The highest BCUT2D eigenvalue weighted by Gasteiger charge is 2.16. The van der Waals surface area contributed by atoms with Gasteiger partial charge in [0, 0.05) is 6.42 Å². The molecule has 0 spiro atoms. The Labute approximate surface area is 65.5 Å². The highest BCUT2D eigenvalue weighted by molar-refractivity contribution is 5.78. The second-order valence-corrected chi connectivity index (χ2v) is 2.01. The quantitative estimate of drug-likeness (QED) is 0.564. The summed E-state index contributed by atoms with van der Waals surface area (Å²) in [6.07, 6.45) is -0.533. The minimum absolute atomic E-state index is 0.265. The number of hydrogen-bond acceptors (Lipinski definition) is 4. The van der Waals surface area contributed by atoms with Gasteiger partial charge in [-0.05, 0) is 6.92 Å². The van der Waals surface area contributed by atoms with E-state index in [1.165, 1.54) is 14.0 Å². The maximum absolute atomic E-state index is 10.7. The molecule has 0 heterocycles. The van der Waals surface area contributed by atoms with Gasteiger partial charge < -0.3 is 9.47 Å². The van der Waals surface area contributed by atoms with Crippen molar-refractivity contribution in [1.82, 2.24) is 0 Å². The van der Waals surface area contributed by atoms with Crippen LogP contribution < -0.4 is 0 Å². The first kappa shape index (κ1) is 9.94. The van der Waals surface area contributed by atoms with Crippen LogP contribution in [-0.2, 0) is 19.1 Å². The molecule has 64 valence electrons. The molecule has 0 saturated carbocycles. The summed E-state index contributed by atoms with van der Waals surface area (Å²) in [5.41, 5.74) is 0. The lowest BCUT2D eigenvalue weighted by molar-refractivity contribution is -0.164. The number of hydrogen-bond donors (Lipinski definition) is 0. The first-order valence-electron chi connectivity index (χ1n) is 3.39. The van der Waals surface area contributed by atoms with E-state index in [1.54, 1.807) is 6.92 Å². The average Bonchev–Trinajstić information content (AvgIpc) is 2.02. The first-order chi connectivity index (χ1) is 5.11. The van der Waals surface area contributed by atoms with Crippen LogP contribution in [0.25, 0.3) is 0 Å². The predicted octanol–water partition coefficient (Wildman–Crippen LogP) is 0.501. The van der Waals surface area contributed by atoms with E-state index in [9.17, 15) is 9.59 Å². The van der Waals surface area contributed by atoms with Gasteiger partial charge in [0.15, 0.2) is 6.10 Å². The van der Waals surface area contributed by atoms with Gasteiger partial charge >= 0.3 is 11.9 Å². The van der Waals surface area contributed by atoms with Crippen LogP contribution in [0, 0.1) is 0 Å². The van der Waals surface area contributed by atoms with Crippen LogP contribution >= 0.6 is 0 Å². The van der Waals surface area contributed by atoms with Gasteiger partial charge in [-0.25, -0.2) is 4.79 Å². The van der Waals surface area contributed by atoms with Gasteiger partial charge in [0.05, 0.1) is 7.11 Å².